The normalized spacial score (nSPS) is 11.7. The average molecular weight is 599 g/mol. The van der Waals surface area contributed by atoms with Crippen LogP contribution in [0.5, 0.6) is 0 Å². The molecule has 0 aliphatic rings. The van der Waals surface area contributed by atoms with Crippen molar-refractivity contribution in [2.45, 2.75) is 11.4 Å². The number of nitrogens with one attached hydrogen (secondary N) is 1. The Kier molecular flexibility index (Phi) is 9.03. The molecule has 0 aliphatic heterocycles. The molecule has 3 rings (SSSR count). The van der Waals surface area contributed by atoms with Gasteiger partial charge in [-0.3, -0.25) is 4.79 Å². The maximum absolute atomic E-state index is 13.3. The molecule has 35 heavy (non-hydrogen) atoms. The maximum Gasteiger partial charge on any atom is 0.335 e. The van der Waals surface area contributed by atoms with Crippen LogP contribution >= 0.6 is 39.1 Å². The van der Waals surface area contributed by atoms with E-state index in [1.807, 2.05) is 0 Å². The Bertz CT molecular complexity index is 1360. The average Bonchev–Trinajstić information content (AvgIpc) is 2.81. The van der Waals surface area contributed by atoms with Gasteiger partial charge >= 0.3 is 5.97 Å². The highest BCUT2D eigenvalue weighted by atomic mass is 79.9. The Balaban J connectivity index is 1.78. The van der Waals surface area contributed by atoms with Crippen molar-refractivity contribution in [3.8, 4) is 0 Å². The van der Waals surface area contributed by atoms with Gasteiger partial charge in [0.05, 0.1) is 33.3 Å². The standard InChI is InChI=1S/C23H18BrCl2N3O5S/c24-18-6-8-19(9-7-18)35(33,34)29(13-16-3-10-20(25)21(26)11-16)14-22(30)28-27-12-15-1-4-17(5-2-15)23(31)32/h1-12H,13-14H2,(H,28,30)(H,31,32)/b27-12+. The SMILES string of the molecule is O=C(CN(Cc1ccc(Cl)c(Cl)c1)S(=O)(=O)c1ccc(Br)cc1)N/N=C/c1ccc(C(=O)O)cc1. The summed E-state index contributed by atoms with van der Waals surface area (Å²) in [6.07, 6.45) is 1.32. The van der Waals surface area contributed by atoms with Crippen LogP contribution in [0.1, 0.15) is 21.5 Å². The summed E-state index contributed by atoms with van der Waals surface area (Å²) in [5.41, 5.74) is 3.49. The van der Waals surface area contributed by atoms with Gasteiger partial charge in [0.1, 0.15) is 0 Å². The first-order chi connectivity index (χ1) is 16.6. The van der Waals surface area contributed by atoms with Crippen LogP contribution in [0.25, 0.3) is 0 Å². The molecule has 0 radical (unpaired) electrons. The third kappa shape index (κ3) is 7.36. The summed E-state index contributed by atoms with van der Waals surface area (Å²) < 4.78 is 28.3. The van der Waals surface area contributed by atoms with E-state index in [9.17, 15) is 18.0 Å². The number of hydrogen-bond acceptors (Lipinski definition) is 5. The smallest absolute Gasteiger partial charge is 0.335 e. The molecule has 0 saturated carbocycles. The maximum atomic E-state index is 13.3. The van der Waals surface area contributed by atoms with Gasteiger partial charge < -0.3 is 5.11 Å². The molecule has 0 saturated heterocycles. The quantitative estimate of drug-likeness (QED) is 0.271. The van der Waals surface area contributed by atoms with Crippen molar-refractivity contribution in [1.29, 1.82) is 0 Å². The number of hydrogen-bond donors (Lipinski definition) is 2. The number of carboxylic acid groups (broad SMARTS) is 1. The molecule has 3 aromatic rings. The second-order valence-electron chi connectivity index (χ2n) is 7.20. The predicted octanol–water partition coefficient (Wildman–Crippen LogP) is 4.80. The summed E-state index contributed by atoms with van der Waals surface area (Å²) in [7, 11) is -4.06. The molecule has 0 aromatic heterocycles. The van der Waals surface area contributed by atoms with E-state index in [-0.39, 0.29) is 22.0 Å². The number of carbonyl (C=O) groups is 2. The van der Waals surface area contributed by atoms with Crippen LogP contribution in [0.3, 0.4) is 0 Å². The zero-order valence-electron chi connectivity index (χ0n) is 17.9. The fraction of sp³-hybridized carbons (Fsp3) is 0.0870. The van der Waals surface area contributed by atoms with Crippen molar-refractivity contribution in [3.05, 3.63) is 97.9 Å². The van der Waals surface area contributed by atoms with Crippen LogP contribution in [-0.4, -0.2) is 42.5 Å². The summed E-state index contributed by atoms with van der Waals surface area (Å²) in [5.74, 6) is -1.74. The van der Waals surface area contributed by atoms with Crippen molar-refractivity contribution < 1.29 is 23.1 Å². The van der Waals surface area contributed by atoms with Crippen LogP contribution in [0, 0.1) is 0 Å². The van der Waals surface area contributed by atoms with E-state index in [1.165, 1.54) is 48.7 Å². The van der Waals surface area contributed by atoms with E-state index in [0.717, 1.165) is 4.31 Å². The molecule has 12 heteroatoms. The van der Waals surface area contributed by atoms with Crippen molar-refractivity contribution in [1.82, 2.24) is 9.73 Å². The molecule has 0 heterocycles. The van der Waals surface area contributed by atoms with Crippen molar-refractivity contribution in [2.75, 3.05) is 6.54 Å². The molecule has 0 bridgehead atoms. The third-order valence-electron chi connectivity index (χ3n) is 4.67. The first-order valence-corrected chi connectivity index (χ1v) is 12.9. The predicted molar refractivity (Wildman–Crippen MR) is 137 cm³/mol. The fourth-order valence-electron chi connectivity index (χ4n) is 2.91. The van der Waals surface area contributed by atoms with Crippen molar-refractivity contribution in [2.24, 2.45) is 5.10 Å². The number of hydrazone groups is 1. The van der Waals surface area contributed by atoms with Gasteiger partial charge in [-0.15, -0.1) is 0 Å². The van der Waals surface area contributed by atoms with Gasteiger partial charge in [-0.2, -0.15) is 9.41 Å². The zero-order valence-corrected chi connectivity index (χ0v) is 21.8. The molecule has 0 atom stereocenters. The van der Waals surface area contributed by atoms with Crippen LogP contribution in [0.2, 0.25) is 10.0 Å². The molecule has 182 valence electrons. The van der Waals surface area contributed by atoms with E-state index in [0.29, 0.717) is 20.6 Å². The van der Waals surface area contributed by atoms with Crippen molar-refractivity contribution >= 4 is 67.2 Å². The Morgan fingerprint density at radius 1 is 1.00 bits per heavy atom. The number of amides is 1. The summed E-state index contributed by atoms with van der Waals surface area (Å²) in [4.78, 5) is 23.5. The lowest BCUT2D eigenvalue weighted by molar-refractivity contribution is -0.121. The number of carboxylic acids is 1. The Hall–Kier alpha value is -2.76. The highest BCUT2D eigenvalue weighted by Gasteiger charge is 2.27. The third-order valence-corrected chi connectivity index (χ3v) is 7.75. The molecule has 0 fully saturated rings. The Labute approximate surface area is 220 Å². The summed E-state index contributed by atoms with van der Waals surface area (Å²) in [6, 6.07) is 16.6. The number of sulfonamides is 1. The number of halogens is 3. The fourth-order valence-corrected chi connectivity index (χ4v) is 4.88. The number of benzene rings is 3. The number of aromatic carboxylic acids is 1. The first-order valence-electron chi connectivity index (χ1n) is 9.91. The van der Waals surface area contributed by atoms with E-state index in [1.54, 1.807) is 24.3 Å². The molecular weight excluding hydrogens is 581 g/mol. The second-order valence-corrected chi connectivity index (χ2v) is 10.9. The Morgan fingerprint density at radius 3 is 2.26 bits per heavy atom. The van der Waals surface area contributed by atoms with Gasteiger partial charge in [0.25, 0.3) is 5.91 Å². The summed E-state index contributed by atoms with van der Waals surface area (Å²) in [5, 5.41) is 13.4. The van der Waals surface area contributed by atoms with E-state index in [4.69, 9.17) is 28.3 Å². The van der Waals surface area contributed by atoms with Gasteiger partial charge in [0.15, 0.2) is 0 Å². The minimum Gasteiger partial charge on any atom is -0.478 e. The molecule has 2 N–H and O–H groups in total. The Morgan fingerprint density at radius 2 is 1.66 bits per heavy atom. The molecule has 0 unspecified atom stereocenters. The number of carbonyl (C=O) groups excluding carboxylic acids is 1. The van der Waals surface area contributed by atoms with E-state index < -0.39 is 28.4 Å². The van der Waals surface area contributed by atoms with Crippen LogP contribution in [0.4, 0.5) is 0 Å². The molecule has 0 aliphatic carbocycles. The summed E-state index contributed by atoms with van der Waals surface area (Å²) in [6.45, 7) is -0.656. The van der Waals surface area contributed by atoms with Gasteiger partial charge in [-0.25, -0.2) is 18.6 Å². The van der Waals surface area contributed by atoms with Gasteiger partial charge in [-0.1, -0.05) is 57.3 Å². The lowest BCUT2D eigenvalue weighted by Crippen LogP contribution is -2.39. The summed E-state index contributed by atoms with van der Waals surface area (Å²) >= 11 is 15.3. The lowest BCUT2D eigenvalue weighted by Gasteiger charge is -2.22. The monoisotopic (exact) mass is 597 g/mol. The highest BCUT2D eigenvalue weighted by molar-refractivity contribution is 9.10. The highest BCUT2D eigenvalue weighted by Crippen LogP contribution is 2.25. The first kappa shape index (κ1) is 26.8. The molecule has 0 spiro atoms. The number of rotatable bonds is 9. The minimum atomic E-state index is -4.06. The molecular formula is C23H18BrCl2N3O5S. The van der Waals surface area contributed by atoms with Gasteiger partial charge in [-0.05, 0) is 59.7 Å². The van der Waals surface area contributed by atoms with Crippen LogP contribution in [0.15, 0.2) is 81.2 Å². The van der Waals surface area contributed by atoms with Gasteiger partial charge in [0, 0.05) is 11.0 Å². The molecule has 3 aromatic carbocycles. The van der Waals surface area contributed by atoms with Gasteiger partial charge in [0.2, 0.25) is 10.0 Å². The lowest BCUT2D eigenvalue weighted by atomic mass is 10.1. The minimum absolute atomic E-state index is 0.00980. The number of nitrogens with zero attached hydrogens (tertiary/aromatic N) is 2. The second kappa shape index (κ2) is 11.8. The zero-order chi connectivity index (χ0) is 25.6. The molecule has 8 nitrogen and oxygen atoms in total. The largest absolute Gasteiger partial charge is 0.478 e. The van der Waals surface area contributed by atoms with E-state index >= 15 is 0 Å². The van der Waals surface area contributed by atoms with Crippen LogP contribution < -0.4 is 5.43 Å². The topological polar surface area (TPSA) is 116 Å². The molecule has 1 amide bonds. The van der Waals surface area contributed by atoms with E-state index in [2.05, 4.69) is 26.5 Å². The van der Waals surface area contributed by atoms with Crippen molar-refractivity contribution in [3.63, 3.8) is 0 Å². The van der Waals surface area contributed by atoms with Crippen LogP contribution in [-0.2, 0) is 21.4 Å².